The normalized spacial score (nSPS) is 20.5. The van der Waals surface area contributed by atoms with Crippen LogP contribution in [-0.4, -0.2) is 49.1 Å². The van der Waals surface area contributed by atoms with Crippen LogP contribution in [-0.2, 0) is 14.8 Å². The fraction of sp³-hybridized carbons (Fsp3) is 0.917. The number of rotatable bonds is 6. The maximum absolute atomic E-state index is 12.1. The minimum Gasteiger partial charge on any atom is -0.353 e. The van der Waals surface area contributed by atoms with Gasteiger partial charge in [0.2, 0.25) is 15.9 Å². The van der Waals surface area contributed by atoms with Gasteiger partial charge in [0.15, 0.2) is 0 Å². The van der Waals surface area contributed by atoms with Gasteiger partial charge in [-0.05, 0) is 33.1 Å². The van der Waals surface area contributed by atoms with Crippen molar-refractivity contribution in [3.8, 4) is 0 Å². The molecule has 0 radical (unpaired) electrons. The van der Waals surface area contributed by atoms with Gasteiger partial charge >= 0.3 is 0 Å². The van der Waals surface area contributed by atoms with Gasteiger partial charge in [-0.3, -0.25) is 4.79 Å². The number of nitrogens with zero attached hydrogens (tertiary/aromatic N) is 1. The molecule has 0 aromatic carbocycles. The lowest BCUT2D eigenvalue weighted by molar-refractivity contribution is -0.124. The van der Waals surface area contributed by atoms with Crippen LogP contribution in [0.25, 0.3) is 0 Å². The first-order valence-electron chi connectivity index (χ1n) is 6.73. The van der Waals surface area contributed by atoms with Crippen LogP contribution in [0.2, 0.25) is 0 Å². The number of halogens is 1. The Bertz CT molecular complexity index is 420. The standard InChI is InChI=1S/C12H25N3O3S.ClH/c1-4-8-19(17,18)15-7-5-6-10(15)11(16)14-9-12(2,3)13;/h10H,4-9,13H2,1-3H3,(H,14,16);1H. The highest BCUT2D eigenvalue weighted by Crippen LogP contribution is 2.22. The van der Waals surface area contributed by atoms with Gasteiger partial charge in [-0.1, -0.05) is 6.92 Å². The van der Waals surface area contributed by atoms with Crippen LogP contribution in [0.4, 0.5) is 0 Å². The molecule has 0 aliphatic carbocycles. The Morgan fingerprint density at radius 2 is 2.05 bits per heavy atom. The van der Waals surface area contributed by atoms with Gasteiger partial charge in [0.05, 0.1) is 5.75 Å². The SMILES string of the molecule is CCCS(=O)(=O)N1CCCC1C(=O)NCC(C)(C)N.Cl. The van der Waals surface area contributed by atoms with E-state index in [2.05, 4.69) is 5.32 Å². The number of sulfonamides is 1. The second kappa shape index (κ2) is 7.59. The zero-order chi connectivity index (χ0) is 14.7. The van der Waals surface area contributed by atoms with Crippen LogP contribution in [0.3, 0.4) is 0 Å². The molecular weight excluding hydrogens is 302 g/mol. The number of nitrogens with two attached hydrogens (primary N) is 1. The quantitative estimate of drug-likeness (QED) is 0.741. The largest absolute Gasteiger partial charge is 0.353 e. The molecule has 0 bridgehead atoms. The number of nitrogens with one attached hydrogen (secondary N) is 1. The number of hydrogen-bond donors (Lipinski definition) is 2. The highest BCUT2D eigenvalue weighted by atomic mass is 35.5. The molecule has 1 aliphatic heterocycles. The summed E-state index contributed by atoms with van der Waals surface area (Å²) in [6.07, 6.45) is 1.87. The van der Waals surface area contributed by atoms with E-state index in [1.165, 1.54) is 4.31 Å². The molecule has 0 aromatic rings. The molecule has 120 valence electrons. The molecule has 1 rings (SSSR count). The van der Waals surface area contributed by atoms with Crippen molar-refractivity contribution in [2.24, 2.45) is 5.73 Å². The molecule has 1 aliphatic rings. The lowest BCUT2D eigenvalue weighted by atomic mass is 10.1. The van der Waals surface area contributed by atoms with Gasteiger partial charge in [-0.2, -0.15) is 4.31 Å². The highest BCUT2D eigenvalue weighted by molar-refractivity contribution is 7.89. The van der Waals surface area contributed by atoms with Crippen molar-refractivity contribution in [2.75, 3.05) is 18.8 Å². The summed E-state index contributed by atoms with van der Waals surface area (Å²) in [6, 6.07) is -0.570. The summed E-state index contributed by atoms with van der Waals surface area (Å²) in [7, 11) is -3.32. The number of amides is 1. The van der Waals surface area contributed by atoms with Gasteiger partial charge < -0.3 is 11.1 Å². The van der Waals surface area contributed by atoms with Gasteiger partial charge in [-0.15, -0.1) is 12.4 Å². The Kier molecular flexibility index (Phi) is 7.44. The molecule has 20 heavy (non-hydrogen) atoms. The Morgan fingerprint density at radius 1 is 1.45 bits per heavy atom. The van der Waals surface area contributed by atoms with Crippen molar-refractivity contribution in [1.29, 1.82) is 0 Å². The molecule has 1 amide bonds. The highest BCUT2D eigenvalue weighted by Gasteiger charge is 2.38. The molecule has 1 unspecified atom stereocenters. The zero-order valence-electron chi connectivity index (χ0n) is 12.4. The minimum atomic E-state index is -3.32. The van der Waals surface area contributed by atoms with E-state index in [0.717, 1.165) is 6.42 Å². The van der Waals surface area contributed by atoms with E-state index in [4.69, 9.17) is 5.73 Å². The summed E-state index contributed by atoms with van der Waals surface area (Å²) < 4.78 is 25.5. The fourth-order valence-electron chi connectivity index (χ4n) is 2.14. The third-order valence-electron chi connectivity index (χ3n) is 3.04. The molecule has 0 spiro atoms. The molecule has 0 aromatic heterocycles. The Morgan fingerprint density at radius 3 is 2.55 bits per heavy atom. The van der Waals surface area contributed by atoms with Gasteiger partial charge in [-0.25, -0.2) is 8.42 Å². The topological polar surface area (TPSA) is 92.5 Å². The van der Waals surface area contributed by atoms with E-state index in [1.54, 1.807) is 0 Å². The average molecular weight is 328 g/mol. The lowest BCUT2D eigenvalue weighted by Gasteiger charge is -2.25. The van der Waals surface area contributed by atoms with Crippen LogP contribution in [0, 0.1) is 0 Å². The first-order chi connectivity index (χ1) is 8.67. The Labute approximate surface area is 127 Å². The van der Waals surface area contributed by atoms with E-state index >= 15 is 0 Å². The third kappa shape index (κ3) is 5.55. The fourth-order valence-corrected chi connectivity index (χ4v) is 3.89. The summed E-state index contributed by atoms with van der Waals surface area (Å²) in [4.78, 5) is 12.1. The summed E-state index contributed by atoms with van der Waals surface area (Å²) in [6.45, 7) is 6.22. The molecular formula is C12H26ClN3O3S. The number of hydrogen-bond acceptors (Lipinski definition) is 4. The summed E-state index contributed by atoms with van der Waals surface area (Å²) >= 11 is 0. The van der Waals surface area contributed by atoms with Crippen LogP contribution in [0.5, 0.6) is 0 Å². The second-order valence-corrected chi connectivity index (χ2v) is 7.83. The maximum atomic E-state index is 12.1. The predicted octanol–water partition coefficient (Wildman–Crippen LogP) is 0.466. The monoisotopic (exact) mass is 327 g/mol. The second-order valence-electron chi connectivity index (χ2n) is 5.79. The first-order valence-corrected chi connectivity index (χ1v) is 8.34. The molecule has 1 fully saturated rings. The lowest BCUT2D eigenvalue weighted by Crippen LogP contribution is -2.51. The van der Waals surface area contributed by atoms with Crippen LogP contribution >= 0.6 is 12.4 Å². The Hall–Kier alpha value is -0.370. The van der Waals surface area contributed by atoms with Crippen LogP contribution < -0.4 is 11.1 Å². The average Bonchev–Trinajstić information content (AvgIpc) is 2.74. The smallest absolute Gasteiger partial charge is 0.238 e. The van der Waals surface area contributed by atoms with Crippen molar-refractivity contribution in [1.82, 2.24) is 9.62 Å². The maximum Gasteiger partial charge on any atom is 0.238 e. The zero-order valence-corrected chi connectivity index (χ0v) is 14.0. The van der Waals surface area contributed by atoms with Crippen molar-refractivity contribution in [3.63, 3.8) is 0 Å². The van der Waals surface area contributed by atoms with Gasteiger partial charge in [0.1, 0.15) is 6.04 Å². The molecule has 1 heterocycles. The van der Waals surface area contributed by atoms with Crippen molar-refractivity contribution < 1.29 is 13.2 Å². The molecule has 0 saturated carbocycles. The van der Waals surface area contributed by atoms with Crippen molar-refractivity contribution in [3.05, 3.63) is 0 Å². The van der Waals surface area contributed by atoms with Crippen LogP contribution in [0.1, 0.15) is 40.0 Å². The van der Waals surface area contributed by atoms with E-state index in [9.17, 15) is 13.2 Å². The predicted molar refractivity (Wildman–Crippen MR) is 82.3 cm³/mol. The summed E-state index contributed by atoms with van der Waals surface area (Å²) in [5.74, 6) is -0.144. The van der Waals surface area contributed by atoms with Crippen LogP contribution in [0.15, 0.2) is 0 Å². The van der Waals surface area contributed by atoms with Crippen molar-refractivity contribution in [2.45, 2.75) is 51.6 Å². The van der Waals surface area contributed by atoms with Gasteiger partial charge in [0.25, 0.3) is 0 Å². The summed E-state index contributed by atoms with van der Waals surface area (Å²) in [5, 5.41) is 2.74. The molecule has 6 nitrogen and oxygen atoms in total. The molecule has 3 N–H and O–H groups in total. The van der Waals surface area contributed by atoms with Gasteiger partial charge in [0, 0.05) is 18.6 Å². The molecule has 1 saturated heterocycles. The minimum absolute atomic E-state index is 0. The van der Waals surface area contributed by atoms with E-state index in [1.807, 2.05) is 20.8 Å². The van der Waals surface area contributed by atoms with E-state index < -0.39 is 21.6 Å². The first kappa shape index (κ1) is 19.6. The number of carbonyl (C=O) groups is 1. The van der Waals surface area contributed by atoms with E-state index in [-0.39, 0.29) is 24.1 Å². The third-order valence-corrected chi connectivity index (χ3v) is 5.12. The number of carbonyl (C=O) groups excluding carboxylic acids is 1. The molecule has 1 atom stereocenters. The summed E-state index contributed by atoms with van der Waals surface area (Å²) in [5.41, 5.74) is 5.31. The van der Waals surface area contributed by atoms with Crippen molar-refractivity contribution >= 4 is 28.3 Å². The molecule has 8 heteroatoms. The Balaban J connectivity index is 0.00000361. The van der Waals surface area contributed by atoms with E-state index in [0.29, 0.717) is 25.9 Å².